The molecule has 0 aromatic rings. The minimum Gasteiger partial charge on any atom is -0.460 e. The van der Waals surface area contributed by atoms with E-state index in [1.165, 1.54) is 19.1 Å². The second kappa shape index (κ2) is 10.4. The van der Waals surface area contributed by atoms with Gasteiger partial charge in [0.25, 0.3) is 0 Å². The largest absolute Gasteiger partial charge is 0.460 e. The van der Waals surface area contributed by atoms with E-state index in [2.05, 4.69) is 0 Å². The third-order valence-corrected chi connectivity index (χ3v) is 3.46. The number of hydrogen-bond donors (Lipinski definition) is 0. The number of hydrogen-bond acceptors (Lipinski definition) is 7. The fraction of sp³-hybridized carbons (Fsp3) is 0.556. The monoisotopic (exact) mass is 352 g/mol. The van der Waals surface area contributed by atoms with E-state index in [0.29, 0.717) is 19.3 Å². The second-order valence-electron chi connectivity index (χ2n) is 5.92. The van der Waals surface area contributed by atoms with Crippen molar-refractivity contribution in [1.29, 1.82) is 0 Å². The quantitative estimate of drug-likeness (QED) is 0.526. The average molecular weight is 352 g/mol. The van der Waals surface area contributed by atoms with E-state index in [-0.39, 0.29) is 12.2 Å². The number of esters is 3. The Morgan fingerprint density at radius 3 is 2.20 bits per heavy atom. The highest BCUT2D eigenvalue weighted by atomic mass is 16.6. The zero-order valence-electron chi connectivity index (χ0n) is 14.7. The molecule has 25 heavy (non-hydrogen) atoms. The van der Waals surface area contributed by atoms with Gasteiger partial charge >= 0.3 is 17.9 Å². The number of carbonyl (C=O) groups excluding carboxylic acids is 4. The Labute approximate surface area is 147 Å². The van der Waals surface area contributed by atoms with Crippen molar-refractivity contribution in [2.75, 3.05) is 0 Å². The predicted octanol–water partition coefficient (Wildman–Crippen LogP) is 2.04. The van der Waals surface area contributed by atoms with Gasteiger partial charge in [0.05, 0.1) is 12.2 Å². The molecule has 0 aromatic heterocycles. The molecule has 1 aliphatic rings. The summed E-state index contributed by atoms with van der Waals surface area (Å²) in [4.78, 5) is 46.3. The van der Waals surface area contributed by atoms with Crippen LogP contribution in [0, 0.1) is 0 Å². The van der Waals surface area contributed by atoms with E-state index >= 15 is 0 Å². The van der Waals surface area contributed by atoms with Gasteiger partial charge in [0.15, 0.2) is 5.78 Å². The van der Waals surface area contributed by atoms with E-state index in [1.807, 2.05) is 0 Å². The van der Waals surface area contributed by atoms with Crippen LogP contribution < -0.4 is 0 Å². The van der Waals surface area contributed by atoms with E-state index in [9.17, 15) is 19.2 Å². The van der Waals surface area contributed by atoms with Crippen molar-refractivity contribution in [3.05, 3.63) is 24.3 Å². The minimum absolute atomic E-state index is 0.146. The standard InChI is InChI=1S/C18H24O7/c1-12-4-6-15(20)7-10-17(21)24-13(2)5-8-16(25-14(3)19)9-11-18(22)23-12/h7,9-13,16H,4-6,8H2,1-3H3/t12-,13-,16+/m1/s1. The van der Waals surface area contributed by atoms with Gasteiger partial charge in [-0.15, -0.1) is 0 Å². The van der Waals surface area contributed by atoms with Crippen LogP contribution in [0.25, 0.3) is 0 Å². The fourth-order valence-electron chi connectivity index (χ4n) is 2.18. The Morgan fingerprint density at radius 2 is 1.56 bits per heavy atom. The van der Waals surface area contributed by atoms with Crippen LogP contribution in [0.4, 0.5) is 0 Å². The van der Waals surface area contributed by atoms with Gasteiger partial charge in [0.1, 0.15) is 6.10 Å². The minimum atomic E-state index is -0.619. The molecular formula is C18H24O7. The lowest BCUT2D eigenvalue weighted by Gasteiger charge is -2.17. The Hall–Kier alpha value is -2.44. The zero-order chi connectivity index (χ0) is 18.8. The number of cyclic esters (lactones) is 2. The van der Waals surface area contributed by atoms with E-state index in [0.717, 1.165) is 12.2 Å². The normalized spacial score (nSPS) is 26.7. The van der Waals surface area contributed by atoms with Gasteiger partial charge < -0.3 is 14.2 Å². The molecule has 7 nitrogen and oxygen atoms in total. The van der Waals surface area contributed by atoms with Gasteiger partial charge in [-0.25, -0.2) is 9.59 Å². The molecule has 0 radical (unpaired) electrons. The summed E-state index contributed by atoms with van der Waals surface area (Å²) in [5, 5.41) is 0. The van der Waals surface area contributed by atoms with E-state index < -0.39 is 36.2 Å². The first-order valence-corrected chi connectivity index (χ1v) is 8.24. The molecule has 0 saturated carbocycles. The molecule has 0 aromatic carbocycles. The maximum atomic E-state index is 11.8. The maximum absolute atomic E-state index is 11.8. The van der Waals surface area contributed by atoms with Crippen LogP contribution >= 0.6 is 0 Å². The molecule has 0 bridgehead atoms. The van der Waals surface area contributed by atoms with Crippen molar-refractivity contribution in [3.8, 4) is 0 Å². The van der Waals surface area contributed by atoms with E-state index in [1.54, 1.807) is 13.8 Å². The van der Waals surface area contributed by atoms with Crippen molar-refractivity contribution >= 4 is 23.7 Å². The van der Waals surface area contributed by atoms with Crippen molar-refractivity contribution < 1.29 is 33.4 Å². The van der Waals surface area contributed by atoms with Crippen LogP contribution in [0.15, 0.2) is 24.3 Å². The highest BCUT2D eigenvalue weighted by Crippen LogP contribution is 2.12. The average Bonchev–Trinajstić information content (AvgIpc) is 2.52. The summed E-state index contributed by atoms with van der Waals surface area (Å²) < 4.78 is 15.4. The molecular weight excluding hydrogens is 328 g/mol. The van der Waals surface area contributed by atoms with Gasteiger partial charge in [-0.2, -0.15) is 0 Å². The van der Waals surface area contributed by atoms with Crippen LogP contribution in [-0.2, 0) is 33.4 Å². The molecule has 138 valence electrons. The number of carbonyl (C=O) groups is 4. The first kappa shape index (κ1) is 20.6. The third kappa shape index (κ3) is 9.44. The summed E-state index contributed by atoms with van der Waals surface area (Å²) >= 11 is 0. The number of allylic oxidation sites excluding steroid dienone is 1. The summed E-state index contributed by atoms with van der Waals surface area (Å²) in [6, 6.07) is 0. The number of ketones is 1. The molecule has 1 aliphatic heterocycles. The molecule has 1 rings (SSSR count). The molecule has 0 saturated heterocycles. The molecule has 0 amide bonds. The Kier molecular flexibility index (Phi) is 8.60. The summed E-state index contributed by atoms with van der Waals surface area (Å²) in [5.74, 6) is -1.90. The van der Waals surface area contributed by atoms with Crippen LogP contribution in [0.3, 0.4) is 0 Å². The highest BCUT2D eigenvalue weighted by molar-refractivity contribution is 5.95. The molecule has 7 heteroatoms. The number of rotatable bonds is 1. The lowest BCUT2D eigenvalue weighted by atomic mass is 10.1. The lowest BCUT2D eigenvalue weighted by molar-refractivity contribution is -0.147. The van der Waals surface area contributed by atoms with Crippen molar-refractivity contribution in [2.24, 2.45) is 0 Å². The van der Waals surface area contributed by atoms with Crippen LogP contribution in [0.5, 0.6) is 0 Å². The summed E-state index contributed by atoms with van der Waals surface area (Å²) in [5.41, 5.74) is 0. The smallest absolute Gasteiger partial charge is 0.331 e. The highest BCUT2D eigenvalue weighted by Gasteiger charge is 2.16. The first-order chi connectivity index (χ1) is 11.8. The van der Waals surface area contributed by atoms with Crippen LogP contribution in [0.1, 0.15) is 46.5 Å². The SMILES string of the molecule is CC(=O)O[C@@H]1C=CC(=O)O[C@H](C)CCC(=O)C=CC(=O)O[C@H](C)CC1. The third-order valence-electron chi connectivity index (χ3n) is 3.46. The molecule has 1 heterocycles. The zero-order valence-corrected chi connectivity index (χ0v) is 14.7. The Bertz CT molecular complexity index is 562. The Balaban J connectivity index is 2.85. The molecule has 0 fully saturated rings. The first-order valence-electron chi connectivity index (χ1n) is 8.24. The second-order valence-corrected chi connectivity index (χ2v) is 5.92. The predicted molar refractivity (Wildman–Crippen MR) is 88.4 cm³/mol. The molecule has 0 aliphatic carbocycles. The fourth-order valence-corrected chi connectivity index (χ4v) is 2.18. The van der Waals surface area contributed by atoms with Crippen molar-refractivity contribution in [3.63, 3.8) is 0 Å². The van der Waals surface area contributed by atoms with E-state index in [4.69, 9.17) is 14.2 Å². The maximum Gasteiger partial charge on any atom is 0.331 e. The Morgan fingerprint density at radius 1 is 0.960 bits per heavy atom. The summed E-state index contributed by atoms with van der Waals surface area (Å²) in [6.07, 6.45) is 4.66. The molecule has 0 spiro atoms. The van der Waals surface area contributed by atoms with Gasteiger partial charge in [0.2, 0.25) is 0 Å². The summed E-state index contributed by atoms with van der Waals surface area (Å²) in [7, 11) is 0. The van der Waals surface area contributed by atoms with Gasteiger partial charge in [-0.05, 0) is 45.3 Å². The van der Waals surface area contributed by atoms with Crippen LogP contribution in [0.2, 0.25) is 0 Å². The van der Waals surface area contributed by atoms with Gasteiger partial charge in [-0.1, -0.05) is 0 Å². The van der Waals surface area contributed by atoms with Crippen molar-refractivity contribution in [2.45, 2.75) is 64.8 Å². The van der Waals surface area contributed by atoms with Gasteiger partial charge in [0, 0.05) is 25.5 Å². The van der Waals surface area contributed by atoms with Crippen LogP contribution in [-0.4, -0.2) is 42.0 Å². The molecule has 0 N–H and O–H groups in total. The number of ether oxygens (including phenoxy) is 3. The molecule has 3 atom stereocenters. The van der Waals surface area contributed by atoms with Gasteiger partial charge in [-0.3, -0.25) is 9.59 Å². The van der Waals surface area contributed by atoms with Crippen molar-refractivity contribution in [1.82, 2.24) is 0 Å². The summed E-state index contributed by atoms with van der Waals surface area (Å²) in [6.45, 7) is 4.64. The topological polar surface area (TPSA) is 96.0 Å². The molecule has 0 unspecified atom stereocenters. The lowest BCUT2D eigenvalue weighted by Crippen LogP contribution is -2.20.